The lowest BCUT2D eigenvalue weighted by molar-refractivity contribution is -0.929. The van der Waals surface area contributed by atoms with Gasteiger partial charge >= 0.3 is 0 Å². The molecule has 15 heavy (non-hydrogen) atoms. The Morgan fingerprint density at radius 3 is 1.67 bits per heavy atom. The summed E-state index contributed by atoms with van der Waals surface area (Å²) in [5.41, 5.74) is 0.359. The van der Waals surface area contributed by atoms with Crippen molar-refractivity contribution < 1.29 is 28.5 Å². The number of likely N-dealkylation sites (N-methyl/N-ethyl adjacent to an activating group) is 1. The molecule has 0 unspecified atom stereocenters. The number of piperazine rings is 1. The van der Waals surface area contributed by atoms with Gasteiger partial charge in [0.05, 0.1) is 26.2 Å². The molecule has 0 aromatic carbocycles. The number of quaternary nitrogens is 1. The molecule has 0 N–H and O–H groups in total. The van der Waals surface area contributed by atoms with Gasteiger partial charge in [-0.15, -0.1) is 0 Å². The highest BCUT2D eigenvalue weighted by molar-refractivity contribution is 4.78. The van der Waals surface area contributed by atoms with Gasteiger partial charge in [-0.05, 0) is 34.6 Å². The highest BCUT2D eigenvalue weighted by Gasteiger charge is 2.33. The molecule has 1 rings (SSSR count). The molecule has 0 aromatic rings. The number of hydrogen-bond acceptors (Lipinski definition) is 1. The molecule has 1 fully saturated rings. The topological polar surface area (TPSA) is 3.24 Å². The SMILES string of the molecule is CC[N+]1(CC)CCN(C(C)(C)C)CC1.[I-]. The number of halogens is 1. The molecule has 0 amide bonds. The Morgan fingerprint density at radius 2 is 1.40 bits per heavy atom. The fourth-order valence-electron chi connectivity index (χ4n) is 2.42. The minimum absolute atomic E-state index is 0. The first-order valence-corrected chi connectivity index (χ1v) is 6.04. The van der Waals surface area contributed by atoms with Gasteiger partial charge in [-0.1, -0.05) is 0 Å². The molecule has 0 saturated carbocycles. The zero-order valence-electron chi connectivity index (χ0n) is 11.0. The molecule has 0 spiro atoms. The summed E-state index contributed by atoms with van der Waals surface area (Å²) in [7, 11) is 0. The van der Waals surface area contributed by atoms with Crippen LogP contribution < -0.4 is 24.0 Å². The van der Waals surface area contributed by atoms with Crippen molar-refractivity contribution in [2.24, 2.45) is 0 Å². The van der Waals surface area contributed by atoms with E-state index in [-0.39, 0.29) is 24.0 Å². The molecule has 3 heteroatoms. The molecule has 0 aromatic heterocycles. The second kappa shape index (κ2) is 5.82. The van der Waals surface area contributed by atoms with E-state index in [9.17, 15) is 0 Å². The Balaban J connectivity index is 0.00000196. The standard InChI is InChI=1S/C12H27N2.HI/c1-6-14(7-2)10-8-13(9-11-14)12(3,4)5;/h6-11H2,1-5H3;1H/q+1;/p-1. The van der Waals surface area contributed by atoms with E-state index in [0.29, 0.717) is 5.54 Å². The van der Waals surface area contributed by atoms with Gasteiger partial charge in [0.2, 0.25) is 0 Å². The van der Waals surface area contributed by atoms with Crippen LogP contribution in [-0.4, -0.2) is 54.2 Å². The summed E-state index contributed by atoms with van der Waals surface area (Å²) in [4.78, 5) is 2.62. The third-order valence-corrected chi connectivity index (χ3v) is 3.98. The molecular weight excluding hydrogens is 299 g/mol. The highest BCUT2D eigenvalue weighted by atomic mass is 127. The molecule has 1 aliphatic heterocycles. The normalized spacial score (nSPS) is 22.2. The molecule has 1 heterocycles. The number of rotatable bonds is 2. The van der Waals surface area contributed by atoms with Crippen LogP contribution in [0.1, 0.15) is 34.6 Å². The van der Waals surface area contributed by atoms with Crippen LogP contribution >= 0.6 is 0 Å². The maximum atomic E-state index is 2.62. The summed E-state index contributed by atoms with van der Waals surface area (Å²) in [5, 5.41) is 0. The van der Waals surface area contributed by atoms with E-state index in [0.717, 1.165) is 0 Å². The third kappa shape index (κ3) is 3.86. The van der Waals surface area contributed by atoms with Crippen molar-refractivity contribution in [3.05, 3.63) is 0 Å². The predicted molar refractivity (Wildman–Crippen MR) is 62.4 cm³/mol. The van der Waals surface area contributed by atoms with Gasteiger partial charge in [-0.3, -0.25) is 4.90 Å². The highest BCUT2D eigenvalue weighted by Crippen LogP contribution is 2.19. The third-order valence-electron chi connectivity index (χ3n) is 3.98. The zero-order chi connectivity index (χ0) is 10.8. The fraction of sp³-hybridized carbons (Fsp3) is 1.00. The first-order chi connectivity index (χ1) is 6.43. The van der Waals surface area contributed by atoms with Crippen LogP contribution in [0.25, 0.3) is 0 Å². The van der Waals surface area contributed by atoms with Crippen LogP contribution in [0.15, 0.2) is 0 Å². The van der Waals surface area contributed by atoms with Crippen molar-refractivity contribution in [3.63, 3.8) is 0 Å². The largest absolute Gasteiger partial charge is 1.00 e. The van der Waals surface area contributed by atoms with Crippen LogP contribution in [0.4, 0.5) is 0 Å². The Labute approximate surface area is 113 Å². The van der Waals surface area contributed by atoms with E-state index in [4.69, 9.17) is 0 Å². The lowest BCUT2D eigenvalue weighted by Crippen LogP contribution is -3.00. The summed E-state index contributed by atoms with van der Waals surface area (Å²) < 4.78 is 1.33. The van der Waals surface area contributed by atoms with Gasteiger partial charge < -0.3 is 28.5 Å². The van der Waals surface area contributed by atoms with Crippen molar-refractivity contribution in [1.82, 2.24) is 4.90 Å². The lowest BCUT2D eigenvalue weighted by atomic mass is 10.0. The van der Waals surface area contributed by atoms with Crippen LogP contribution in [0.3, 0.4) is 0 Å². The van der Waals surface area contributed by atoms with E-state index < -0.39 is 0 Å². The zero-order valence-corrected chi connectivity index (χ0v) is 13.2. The van der Waals surface area contributed by atoms with Gasteiger partial charge in [0.15, 0.2) is 0 Å². The monoisotopic (exact) mass is 326 g/mol. The molecule has 0 radical (unpaired) electrons. The van der Waals surface area contributed by atoms with Crippen molar-refractivity contribution >= 4 is 0 Å². The van der Waals surface area contributed by atoms with E-state index in [1.165, 1.54) is 43.8 Å². The Kier molecular flexibility index (Phi) is 6.08. The van der Waals surface area contributed by atoms with Crippen molar-refractivity contribution in [1.29, 1.82) is 0 Å². The van der Waals surface area contributed by atoms with E-state index in [2.05, 4.69) is 39.5 Å². The lowest BCUT2D eigenvalue weighted by Gasteiger charge is -2.47. The molecule has 1 aliphatic rings. The summed E-state index contributed by atoms with van der Waals surface area (Å²) in [6, 6.07) is 0. The molecule has 0 bridgehead atoms. The summed E-state index contributed by atoms with van der Waals surface area (Å²) in [6.07, 6.45) is 0. The van der Waals surface area contributed by atoms with Gasteiger partial charge in [-0.2, -0.15) is 0 Å². The van der Waals surface area contributed by atoms with Gasteiger partial charge in [0.1, 0.15) is 0 Å². The van der Waals surface area contributed by atoms with E-state index >= 15 is 0 Å². The molecule has 92 valence electrons. The maximum Gasteiger partial charge on any atom is 0.0916 e. The van der Waals surface area contributed by atoms with Crippen LogP contribution in [0.2, 0.25) is 0 Å². The van der Waals surface area contributed by atoms with Crippen molar-refractivity contribution in [3.8, 4) is 0 Å². The average Bonchev–Trinajstić information content (AvgIpc) is 2.16. The Hall–Kier alpha value is 0.650. The minimum Gasteiger partial charge on any atom is -1.00 e. The predicted octanol–water partition coefficient (Wildman–Crippen LogP) is -1.04. The smallest absolute Gasteiger partial charge is 0.0916 e. The van der Waals surface area contributed by atoms with Crippen molar-refractivity contribution in [2.75, 3.05) is 39.3 Å². The van der Waals surface area contributed by atoms with E-state index in [1.54, 1.807) is 0 Å². The Morgan fingerprint density at radius 1 is 1.00 bits per heavy atom. The van der Waals surface area contributed by atoms with Gasteiger partial charge in [0, 0.05) is 18.6 Å². The molecular formula is C12H27IN2. The van der Waals surface area contributed by atoms with Crippen LogP contribution in [0.5, 0.6) is 0 Å². The fourth-order valence-corrected chi connectivity index (χ4v) is 2.42. The average molecular weight is 326 g/mol. The van der Waals surface area contributed by atoms with Crippen LogP contribution in [0, 0.1) is 0 Å². The molecule has 2 nitrogen and oxygen atoms in total. The molecule has 1 saturated heterocycles. The maximum absolute atomic E-state index is 2.62. The van der Waals surface area contributed by atoms with Crippen LogP contribution in [-0.2, 0) is 0 Å². The molecule has 0 atom stereocenters. The minimum atomic E-state index is 0. The number of hydrogen-bond donors (Lipinski definition) is 0. The first-order valence-electron chi connectivity index (χ1n) is 6.04. The Bertz CT molecular complexity index is 173. The second-order valence-electron chi connectivity index (χ2n) is 5.58. The second-order valence-corrected chi connectivity index (χ2v) is 5.58. The summed E-state index contributed by atoms with van der Waals surface area (Å²) in [5.74, 6) is 0. The van der Waals surface area contributed by atoms with Crippen molar-refractivity contribution in [2.45, 2.75) is 40.2 Å². The first kappa shape index (κ1) is 15.7. The summed E-state index contributed by atoms with van der Waals surface area (Å²) >= 11 is 0. The van der Waals surface area contributed by atoms with E-state index in [1.807, 2.05) is 0 Å². The molecule has 0 aliphatic carbocycles. The van der Waals surface area contributed by atoms with Gasteiger partial charge in [-0.25, -0.2) is 0 Å². The quantitative estimate of drug-likeness (QED) is 0.463. The number of nitrogens with zero attached hydrogens (tertiary/aromatic N) is 2. The van der Waals surface area contributed by atoms with Gasteiger partial charge in [0.25, 0.3) is 0 Å². The summed E-state index contributed by atoms with van der Waals surface area (Å²) in [6.45, 7) is 19.4.